The maximum Gasteiger partial charge on any atom is 0.451 e. The molecule has 0 aliphatic heterocycles. The van der Waals surface area contributed by atoms with Crippen LogP contribution in [0.4, 0.5) is 19.0 Å². The Morgan fingerprint density at radius 1 is 1.44 bits per heavy atom. The molecule has 0 amide bonds. The molecule has 1 unspecified atom stereocenters. The number of halogens is 4. The van der Waals surface area contributed by atoms with Crippen molar-refractivity contribution in [3.8, 4) is 0 Å². The molecule has 0 spiro atoms. The van der Waals surface area contributed by atoms with Crippen LogP contribution in [0, 0.1) is 0 Å². The highest BCUT2D eigenvalue weighted by Crippen LogP contribution is 2.28. The number of nitrogens with zero attached hydrogens (tertiary/aromatic N) is 2. The van der Waals surface area contributed by atoms with Gasteiger partial charge in [0.25, 0.3) is 0 Å². The monoisotopic (exact) mass is 283 g/mol. The summed E-state index contributed by atoms with van der Waals surface area (Å²) in [5.74, 6) is -1.36. The van der Waals surface area contributed by atoms with Crippen molar-refractivity contribution in [3.05, 3.63) is 17.0 Å². The Bertz CT molecular complexity index is 400. The average molecular weight is 284 g/mol. The van der Waals surface area contributed by atoms with Gasteiger partial charge in [-0.2, -0.15) is 13.2 Å². The summed E-state index contributed by atoms with van der Waals surface area (Å²) in [7, 11) is 0. The number of anilines is 1. The molecular weight excluding hydrogens is 271 g/mol. The van der Waals surface area contributed by atoms with Gasteiger partial charge in [0.05, 0.1) is 6.10 Å². The first-order chi connectivity index (χ1) is 8.32. The van der Waals surface area contributed by atoms with Gasteiger partial charge in [-0.25, -0.2) is 9.97 Å². The molecule has 1 aromatic rings. The minimum absolute atomic E-state index is 0.0579. The largest absolute Gasteiger partial charge is 0.451 e. The first-order valence-electron chi connectivity index (χ1n) is 5.36. The maximum absolute atomic E-state index is 12.4. The van der Waals surface area contributed by atoms with Crippen LogP contribution in [0.25, 0.3) is 0 Å². The summed E-state index contributed by atoms with van der Waals surface area (Å²) in [6.45, 7) is 2.00. The number of rotatable bonds is 5. The number of aliphatic hydroxyl groups excluding tert-OH is 1. The molecule has 0 saturated heterocycles. The Hall–Kier alpha value is -1.08. The number of hydrogen-bond acceptors (Lipinski definition) is 4. The first kappa shape index (κ1) is 15.0. The van der Waals surface area contributed by atoms with Gasteiger partial charge in [-0.3, -0.25) is 0 Å². The lowest BCUT2D eigenvalue weighted by atomic mass is 10.2. The van der Waals surface area contributed by atoms with Gasteiger partial charge >= 0.3 is 6.18 Å². The van der Waals surface area contributed by atoms with Gasteiger partial charge < -0.3 is 10.4 Å². The molecular formula is C10H13ClF3N3O. The van der Waals surface area contributed by atoms with Crippen LogP contribution >= 0.6 is 11.6 Å². The van der Waals surface area contributed by atoms with Crippen molar-refractivity contribution in [2.45, 2.75) is 32.0 Å². The van der Waals surface area contributed by atoms with Crippen molar-refractivity contribution < 1.29 is 18.3 Å². The minimum atomic E-state index is -4.65. The maximum atomic E-state index is 12.4. The van der Waals surface area contributed by atoms with Crippen LogP contribution in [0.15, 0.2) is 6.07 Å². The molecule has 8 heteroatoms. The van der Waals surface area contributed by atoms with Crippen molar-refractivity contribution in [2.24, 2.45) is 0 Å². The van der Waals surface area contributed by atoms with E-state index in [9.17, 15) is 18.3 Å². The Morgan fingerprint density at radius 2 is 2.11 bits per heavy atom. The summed E-state index contributed by atoms with van der Waals surface area (Å²) in [4.78, 5) is 6.39. The van der Waals surface area contributed by atoms with Crippen LogP contribution in [0.3, 0.4) is 0 Å². The molecule has 4 nitrogen and oxygen atoms in total. The van der Waals surface area contributed by atoms with Crippen molar-refractivity contribution in [1.29, 1.82) is 0 Å². The summed E-state index contributed by atoms with van der Waals surface area (Å²) < 4.78 is 37.2. The third-order valence-electron chi connectivity index (χ3n) is 2.09. The molecule has 18 heavy (non-hydrogen) atoms. The zero-order valence-electron chi connectivity index (χ0n) is 9.63. The second-order valence-electron chi connectivity index (χ2n) is 3.72. The molecule has 1 rings (SSSR count). The molecule has 0 aromatic carbocycles. The van der Waals surface area contributed by atoms with Gasteiger partial charge in [0.1, 0.15) is 11.0 Å². The van der Waals surface area contributed by atoms with Gasteiger partial charge in [-0.1, -0.05) is 24.9 Å². The van der Waals surface area contributed by atoms with E-state index in [2.05, 4.69) is 15.3 Å². The van der Waals surface area contributed by atoms with Gasteiger partial charge in [-0.15, -0.1) is 0 Å². The molecule has 0 aliphatic carbocycles. The summed E-state index contributed by atoms with van der Waals surface area (Å²) in [5.41, 5.74) is 0. The van der Waals surface area contributed by atoms with Gasteiger partial charge in [0.2, 0.25) is 5.82 Å². The fourth-order valence-electron chi connectivity index (χ4n) is 1.29. The van der Waals surface area contributed by atoms with E-state index in [1.165, 1.54) is 6.07 Å². The Kier molecular flexibility index (Phi) is 5.15. The molecule has 0 radical (unpaired) electrons. The molecule has 1 atom stereocenters. The third kappa shape index (κ3) is 4.66. The lowest BCUT2D eigenvalue weighted by Crippen LogP contribution is -2.20. The Balaban J connectivity index is 2.75. The predicted octanol–water partition coefficient (Wildman–Crippen LogP) is 2.72. The zero-order valence-corrected chi connectivity index (χ0v) is 10.4. The van der Waals surface area contributed by atoms with Gasteiger partial charge in [0, 0.05) is 12.6 Å². The molecule has 102 valence electrons. The van der Waals surface area contributed by atoms with E-state index in [-0.39, 0.29) is 17.5 Å². The minimum Gasteiger partial charge on any atom is -0.391 e. The lowest BCUT2D eigenvalue weighted by molar-refractivity contribution is -0.144. The van der Waals surface area contributed by atoms with E-state index in [1.807, 2.05) is 6.92 Å². The molecule has 1 aromatic heterocycles. The quantitative estimate of drug-likeness (QED) is 0.816. The molecule has 2 N–H and O–H groups in total. The molecule has 0 saturated carbocycles. The summed E-state index contributed by atoms with van der Waals surface area (Å²) in [6, 6.07) is 1.18. The highest BCUT2D eigenvalue weighted by molar-refractivity contribution is 6.29. The fourth-order valence-corrected chi connectivity index (χ4v) is 1.48. The predicted molar refractivity (Wildman–Crippen MR) is 61.4 cm³/mol. The highest BCUT2D eigenvalue weighted by Gasteiger charge is 2.35. The Morgan fingerprint density at radius 3 is 2.67 bits per heavy atom. The lowest BCUT2D eigenvalue weighted by Gasteiger charge is -2.12. The third-order valence-corrected chi connectivity index (χ3v) is 2.28. The van der Waals surface area contributed by atoms with Crippen molar-refractivity contribution in [3.63, 3.8) is 0 Å². The number of nitrogens with one attached hydrogen (secondary N) is 1. The zero-order chi connectivity index (χ0) is 13.8. The van der Waals surface area contributed by atoms with E-state index in [0.29, 0.717) is 6.42 Å². The van der Waals surface area contributed by atoms with Crippen molar-refractivity contribution in [1.82, 2.24) is 9.97 Å². The molecule has 0 fully saturated rings. The summed E-state index contributed by atoms with van der Waals surface area (Å²) >= 11 is 5.48. The van der Waals surface area contributed by atoms with E-state index in [0.717, 1.165) is 6.42 Å². The van der Waals surface area contributed by atoms with E-state index in [1.54, 1.807) is 0 Å². The first-order valence-corrected chi connectivity index (χ1v) is 5.74. The summed E-state index contributed by atoms with van der Waals surface area (Å²) in [5, 5.41) is 11.7. The van der Waals surface area contributed by atoms with E-state index < -0.39 is 18.1 Å². The van der Waals surface area contributed by atoms with Crippen LogP contribution < -0.4 is 5.32 Å². The van der Waals surface area contributed by atoms with Crippen LogP contribution in [-0.2, 0) is 6.18 Å². The second kappa shape index (κ2) is 6.19. The summed E-state index contributed by atoms with van der Waals surface area (Å²) in [6.07, 6.45) is -3.96. The SMILES string of the molecule is CCCC(O)CNc1cc(Cl)nc(C(F)(F)F)n1. The van der Waals surface area contributed by atoms with Crippen molar-refractivity contribution in [2.75, 3.05) is 11.9 Å². The molecule has 0 aliphatic rings. The van der Waals surface area contributed by atoms with Gasteiger partial charge in [0.15, 0.2) is 0 Å². The topological polar surface area (TPSA) is 58.0 Å². The Labute approximate surface area is 107 Å². The molecule has 1 heterocycles. The number of aromatic nitrogens is 2. The number of alkyl halides is 3. The van der Waals surface area contributed by atoms with Gasteiger partial charge in [-0.05, 0) is 6.42 Å². The average Bonchev–Trinajstić information content (AvgIpc) is 2.25. The van der Waals surface area contributed by atoms with Crippen LogP contribution in [0.5, 0.6) is 0 Å². The second-order valence-corrected chi connectivity index (χ2v) is 4.11. The normalized spacial score (nSPS) is 13.4. The van der Waals surface area contributed by atoms with Crippen LogP contribution in [-0.4, -0.2) is 27.7 Å². The van der Waals surface area contributed by atoms with E-state index >= 15 is 0 Å². The number of hydrogen-bond donors (Lipinski definition) is 2. The molecule has 0 bridgehead atoms. The van der Waals surface area contributed by atoms with E-state index in [4.69, 9.17) is 11.6 Å². The number of aliphatic hydroxyl groups is 1. The fraction of sp³-hybridized carbons (Fsp3) is 0.600. The standard InChI is InChI=1S/C10H13ClF3N3O/c1-2-3-6(18)5-15-8-4-7(11)16-9(17-8)10(12,13)14/h4,6,18H,2-3,5H2,1H3,(H,15,16,17). The van der Waals surface area contributed by atoms with Crippen LogP contribution in [0.2, 0.25) is 5.15 Å². The highest BCUT2D eigenvalue weighted by atomic mass is 35.5. The van der Waals surface area contributed by atoms with Crippen LogP contribution in [0.1, 0.15) is 25.6 Å². The smallest absolute Gasteiger partial charge is 0.391 e. The van der Waals surface area contributed by atoms with Crippen molar-refractivity contribution >= 4 is 17.4 Å².